The summed E-state index contributed by atoms with van der Waals surface area (Å²) < 4.78 is 0. The van der Waals surface area contributed by atoms with E-state index in [-0.39, 0.29) is 5.69 Å². The average Bonchev–Trinajstić information content (AvgIpc) is 2.64. The highest BCUT2D eigenvalue weighted by Crippen LogP contribution is 2.16. The van der Waals surface area contributed by atoms with Gasteiger partial charge in [-0.3, -0.25) is 4.79 Å². The van der Waals surface area contributed by atoms with Crippen LogP contribution in [-0.4, -0.2) is 26.8 Å². The fourth-order valence-electron chi connectivity index (χ4n) is 3.08. The van der Waals surface area contributed by atoms with E-state index in [0.717, 1.165) is 18.2 Å². The van der Waals surface area contributed by atoms with Gasteiger partial charge in [-0.1, -0.05) is 102 Å². The van der Waals surface area contributed by atoms with Gasteiger partial charge in [0.2, 0.25) is 0 Å². The van der Waals surface area contributed by atoms with Gasteiger partial charge in [-0.05, 0) is 6.42 Å². The molecule has 0 aliphatic rings. The topological polar surface area (TPSA) is 83.0 Å². The lowest BCUT2D eigenvalue weighted by atomic mass is 10.0. The number of aromatic nitrogens is 2. The number of rotatable bonds is 17. The van der Waals surface area contributed by atoms with Crippen LogP contribution in [0.25, 0.3) is 0 Å². The third-order valence-corrected chi connectivity index (χ3v) is 5.64. The Balaban J connectivity index is 1.92. The summed E-state index contributed by atoms with van der Waals surface area (Å²) in [7, 11) is 0. The minimum atomic E-state index is -1.17. The van der Waals surface area contributed by atoms with E-state index in [1.54, 1.807) is 0 Å². The Hall–Kier alpha value is -1.30. The van der Waals surface area contributed by atoms with Crippen LogP contribution in [0.4, 0.5) is 0 Å². The molecule has 0 aliphatic heterocycles. The molecule has 6 heteroatoms. The van der Waals surface area contributed by atoms with Crippen molar-refractivity contribution in [2.24, 2.45) is 0 Å². The first-order valence-electron chi connectivity index (χ1n) is 10.6. The minimum absolute atomic E-state index is 0.192. The molecule has 1 aromatic heterocycles. The number of carboxylic acid groups (broad SMARTS) is 1. The van der Waals surface area contributed by atoms with Crippen molar-refractivity contribution in [2.75, 3.05) is 5.75 Å². The second-order valence-electron chi connectivity index (χ2n) is 7.19. The largest absolute Gasteiger partial charge is 0.477 e. The number of aromatic carboxylic acids is 1. The molecule has 0 atom stereocenters. The summed E-state index contributed by atoms with van der Waals surface area (Å²) in [6.45, 7) is 2.26. The number of thioether (sulfide) groups is 1. The molecule has 0 saturated heterocycles. The molecular weight excluding hydrogens is 360 g/mol. The summed E-state index contributed by atoms with van der Waals surface area (Å²) in [5, 5.41) is 9.31. The van der Waals surface area contributed by atoms with Gasteiger partial charge in [-0.2, -0.15) is 0 Å². The molecule has 0 amide bonds. The number of H-pyrrole nitrogens is 1. The summed E-state index contributed by atoms with van der Waals surface area (Å²) >= 11 is 1.42. The SMILES string of the molecule is CCCCCCCCCCCCCCCCSc1nc(C(=O)O)cc(=O)[nH]1. The molecule has 0 aromatic carbocycles. The maximum absolute atomic E-state index is 11.4. The molecule has 1 aromatic rings. The first-order chi connectivity index (χ1) is 13.1. The maximum atomic E-state index is 11.4. The van der Waals surface area contributed by atoms with Crippen molar-refractivity contribution in [3.8, 4) is 0 Å². The van der Waals surface area contributed by atoms with Crippen LogP contribution in [0, 0.1) is 0 Å². The van der Waals surface area contributed by atoms with E-state index in [2.05, 4.69) is 16.9 Å². The number of carbonyl (C=O) groups is 1. The highest BCUT2D eigenvalue weighted by molar-refractivity contribution is 7.99. The van der Waals surface area contributed by atoms with Crippen molar-refractivity contribution >= 4 is 17.7 Å². The molecule has 27 heavy (non-hydrogen) atoms. The highest BCUT2D eigenvalue weighted by atomic mass is 32.2. The van der Waals surface area contributed by atoms with Crippen LogP contribution in [0.1, 0.15) is 107 Å². The average molecular weight is 397 g/mol. The molecule has 0 fully saturated rings. The number of carboxylic acids is 1. The first kappa shape index (κ1) is 23.7. The van der Waals surface area contributed by atoms with Crippen molar-refractivity contribution in [3.63, 3.8) is 0 Å². The van der Waals surface area contributed by atoms with E-state index in [1.807, 2.05) is 0 Å². The van der Waals surface area contributed by atoms with Crippen molar-refractivity contribution in [3.05, 3.63) is 22.1 Å². The molecule has 5 nitrogen and oxygen atoms in total. The van der Waals surface area contributed by atoms with Gasteiger partial charge in [0.25, 0.3) is 5.56 Å². The lowest BCUT2D eigenvalue weighted by Gasteiger charge is -2.04. The Bertz CT molecular complexity index is 575. The van der Waals surface area contributed by atoms with E-state index in [0.29, 0.717) is 5.16 Å². The molecule has 0 unspecified atom stereocenters. The Morgan fingerprint density at radius 2 is 1.41 bits per heavy atom. The monoisotopic (exact) mass is 396 g/mol. The fraction of sp³-hybridized carbons (Fsp3) is 0.762. The lowest BCUT2D eigenvalue weighted by molar-refractivity contribution is 0.0689. The van der Waals surface area contributed by atoms with Crippen LogP contribution in [0.2, 0.25) is 0 Å². The number of hydrogen-bond acceptors (Lipinski definition) is 4. The van der Waals surface area contributed by atoms with Gasteiger partial charge in [0.1, 0.15) is 0 Å². The van der Waals surface area contributed by atoms with E-state index in [1.165, 1.54) is 95.2 Å². The van der Waals surface area contributed by atoms with Gasteiger partial charge >= 0.3 is 5.97 Å². The summed E-state index contributed by atoms with van der Waals surface area (Å²) in [5.74, 6) is -0.316. The van der Waals surface area contributed by atoms with Crippen LogP contribution < -0.4 is 5.56 Å². The van der Waals surface area contributed by atoms with Gasteiger partial charge in [0.15, 0.2) is 10.9 Å². The smallest absolute Gasteiger partial charge is 0.354 e. The van der Waals surface area contributed by atoms with Crippen molar-refractivity contribution in [1.82, 2.24) is 9.97 Å². The molecule has 0 saturated carbocycles. The van der Waals surface area contributed by atoms with Crippen LogP contribution in [0.15, 0.2) is 16.0 Å². The lowest BCUT2D eigenvalue weighted by Crippen LogP contribution is -2.13. The molecule has 0 aliphatic carbocycles. The van der Waals surface area contributed by atoms with Gasteiger partial charge in [-0.15, -0.1) is 0 Å². The zero-order valence-electron chi connectivity index (χ0n) is 16.8. The van der Waals surface area contributed by atoms with E-state index in [4.69, 9.17) is 5.11 Å². The Kier molecular flexibility index (Phi) is 13.8. The second kappa shape index (κ2) is 15.7. The maximum Gasteiger partial charge on any atom is 0.354 e. The van der Waals surface area contributed by atoms with Crippen LogP contribution in [0.3, 0.4) is 0 Å². The van der Waals surface area contributed by atoms with E-state index >= 15 is 0 Å². The van der Waals surface area contributed by atoms with Crippen LogP contribution in [-0.2, 0) is 0 Å². The first-order valence-corrected chi connectivity index (χ1v) is 11.6. The second-order valence-corrected chi connectivity index (χ2v) is 8.27. The summed E-state index contributed by atoms with van der Waals surface area (Å²) in [6, 6.07) is 1.01. The predicted octanol–water partition coefficient (Wildman–Crippen LogP) is 6.04. The number of hydrogen-bond donors (Lipinski definition) is 2. The summed E-state index contributed by atoms with van der Waals surface area (Å²) in [5.41, 5.74) is -0.604. The molecular formula is C21H36N2O3S. The molecule has 154 valence electrons. The molecule has 2 N–H and O–H groups in total. The Morgan fingerprint density at radius 3 is 1.89 bits per heavy atom. The van der Waals surface area contributed by atoms with Gasteiger partial charge in [0, 0.05) is 11.8 Å². The molecule has 1 rings (SSSR count). The van der Waals surface area contributed by atoms with Gasteiger partial charge in [0.05, 0.1) is 0 Å². The number of nitrogens with one attached hydrogen (secondary N) is 1. The summed E-state index contributed by atoms with van der Waals surface area (Å²) in [4.78, 5) is 28.8. The van der Waals surface area contributed by atoms with Crippen molar-refractivity contribution < 1.29 is 9.90 Å². The van der Waals surface area contributed by atoms with E-state index in [9.17, 15) is 9.59 Å². The normalized spacial score (nSPS) is 11.0. The van der Waals surface area contributed by atoms with Crippen LogP contribution in [0.5, 0.6) is 0 Å². The Labute approximate surface area is 167 Å². The number of aromatic amines is 1. The van der Waals surface area contributed by atoms with E-state index < -0.39 is 11.5 Å². The third kappa shape index (κ3) is 12.7. The number of nitrogens with zero attached hydrogens (tertiary/aromatic N) is 1. The van der Waals surface area contributed by atoms with Crippen LogP contribution >= 0.6 is 11.8 Å². The minimum Gasteiger partial charge on any atom is -0.477 e. The van der Waals surface area contributed by atoms with Crippen molar-refractivity contribution in [2.45, 2.75) is 102 Å². The fourth-order valence-corrected chi connectivity index (χ4v) is 3.96. The zero-order chi connectivity index (χ0) is 19.7. The standard InChI is InChI=1S/C21H36N2O3S/c1-2-3-4-5-6-7-8-9-10-11-12-13-14-15-16-27-21-22-18(20(25)26)17-19(24)23-21/h17H,2-16H2,1H3,(H,25,26)(H,22,23,24). The quantitative estimate of drug-likeness (QED) is 0.190. The van der Waals surface area contributed by atoms with Gasteiger partial charge in [-0.25, -0.2) is 9.78 Å². The molecule has 1 heterocycles. The zero-order valence-corrected chi connectivity index (χ0v) is 17.6. The highest BCUT2D eigenvalue weighted by Gasteiger charge is 2.08. The molecule has 0 radical (unpaired) electrons. The molecule has 0 spiro atoms. The predicted molar refractivity (Wildman–Crippen MR) is 113 cm³/mol. The third-order valence-electron chi connectivity index (χ3n) is 4.68. The number of unbranched alkanes of at least 4 members (excludes halogenated alkanes) is 13. The molecule has 0 bridgehead atoms. The van der Waals surface area contributed by atoms with Crippen molar-refractivity contribution in [1.29, 1.82) is 0 Å². The van der Waals surface area contributed by atoms with Gasteiger partial charge < -0.3 is 10.1 Å². The summed E-state index contributed by atoms with van der Waals surface area (Å²) in [6.07, 6.45) is 18.6. The Morgan fingerprint density at radius 1 is 0.926 bits per heavy atom.